The van der Waals surface area contributed by atoms with E-state index < -0.39 is 0 Å². The predicted octanol–water partition coefficient (Wildman–Crippen LogP) is 2.60. The second kappa shape index (κ2) is 5.00. The molecule has 0 bridgehead atoms. The summed E-state index contributed by atoms with van der Waals surface area (Å²) in [4.78, 5) is 10.6. The maximum Gasteiger partial charge on any atom is 0.150 e. The van der Waals surface area contributed by atoms with Gasteiger partial charge in [-0.05, 0) is 30.3 Å². The van der Waals surface area contributed by atoms with E-state index in [1.165, 1.54) is 0 Å². The number of aromatic hydroxyl groups is 1. The molecule has 0 saturated carbocycles. The molecule has 0 saturated heterocycles. The molecule has 0 unspecified atom stereocenters. The van der Waals surface area contributed by atoms with E-state index in [1.807, 2.05) is 12.1 Å². The molecule has 2 nitrogen and oxygen atoms in total. The minimum Gasteiger partial charge on any atom is -0.508 e. The normalized spacial score (nSPS) is 9.18. The average molecular weight is 222 g/mol. The van der Waals surface area contributed by atoms with Crippen LogP contribution in [0.15, 0.2) is 48.5 Å². The Morgan fingerprint density at radius 1 is 0.941 bits per heavy atom. The fourth-order valence-corrected chi connectivity index (χ4v) is 1.42. The zero-order valence-corrected chi connectivity index (χ0v) is 9.05. The molecule has 0 amide bonds. The number of hydrogen-bond donors (Lipinski definition) is 1. The van der Waals surface area contributed by atoms with Crippen LogP contribution in [-0.2, 0) is 0 Å². The lowest BCUT2D eigenvalue weighted by atomic mass is 10.1. The monoisotopic (exact) mass is 222 g/mol. The van der Waals surface area contributed by atoms with E-state index in [-0.39, 0.29) is 5.75 Å². The maximum absolute atomic E-state index is 10.6. The van der Waals surface area contributed by atoms with Crippen LogP contribution in [0.3, 0.4) is 0 Å². The van der Waals surface area contributed by atoms with E-state index in [0.717, 1.165) is 17.4 Å². The number of phenolic OH excluding ortho intramolecular Hbond substituents is 1. The summed E-state index contributed by atoms with van der Waals surface area (Å²) in [6.45, 7) is 0. The lowest BCUT2D eigenvalue weighted by Gasteiger charge is -1.93. The van der Waals surface area contributed by atoms with E-state index >= 15 is 0 Å². The minimum atomic E-state index is 0.193. The molecular weight excluding hydrogens is 212 g/mol. The first-order chi connectivity index (χ1) is 8.28. The molecule has 0 radical (unpaired) electrons. The van der Waals surface area contributed by atoms with Gasteiger partial charge in [0.1, 0.15) is 12.0 Å². The molecule has 0 aliphatic rings. The van der Waals surface area contributed by atoms with Gasteiger partial charge >= 0.3 is 0 Å². The molecule has 2 aromatic rings. The number of carbonyl (C=O) groups excluding carboxylic acids is 1. The Bertz CT molecular complexity index is 604. The maximum atomic E-state index is 10.6. The summed E-state index contributed by atoms with van der Waals surface area (Å²) in [6, 6.07) is 13.8. The number of hydrogen-bond acceptors (Lipinski definition) is 2. The molecule has 1 N–H and O–H groups in total. The van der Waals surface area contributed by atoms with Crippen molar-refractivity contribution >= 4 is 6.29 Å². The standard InChI is InChI=1S/C15H10O2/c16-11-14-5-1-3-12(9-14)7-8-13-4-2-6-15(17)10-13/h1-6,9-11,17H. The molecule has 17 heavy (non-hydrogen) atoms. The first-order valence-corrected chi connectivity index (χ1v) is 5.14. The van der Waals surface area contributed by atoms with Crippen LogP contribution in [0.25, 0.3) is 0 Å². The molecule has 0 heterocycles. The molecule has 0 atom stereocenters. The molecule has 0 spiro atoms. The van der Waals surface area contributed by atoms with Crippen molar-refractivity contribution in [1.82, 2.24) is 0 Å². The third-order valence-corrected chi connectivity index (χ3v) is 2.22. The van der Waals surface area contributed by atoms with Gasteiger partial charge in [-0.1, -0.05) is 30.0 Å². The van der Waals surface area contributed by atoms with Gasteiger partial charge in [0.15, 0.2) is 0 Å². The van der Waals surface area contributed by atoms with Crippen LogP contribution in [0.1, 0.15) is 21.5 Å². The van der Waals surface area contributed by atoms with Crippen molar-refractivity contribution in [3.05, 3.63) is 65.2 Å². The van der Waals surface area contributed by atoms with Crippen LogP contribution >= 0.6 is 0 Å². The Morgan fingerprint density at radius 2 is 1.59 bits per heavy atom. The van der Waals surface area contributed by atoms with Crippen LogP contribution in [0, 0.1) is 11.8 Å². The van der Waals surface area contributed by atoms with Gasteiger partial charge in [0.2, 0.25) is 0 Å². The first-order valence-electron chi connectivity index (χ1n) is 5.14. The molecular formula is C15H10O2. The number of carbonyl (C=O) groups is 1. The third-order valence-electron chi connectivity index (χ3n) is 2.22. The highest BCUT2D eigenvalue weighted by molar-refractivity contribution is 5.75. The molecule has 0 fully saturated rings. The van der Waals surface area contributed by atoms with Crippen molar-refractivity contribution < 1.29 is 9.90 Å². The van der Waals surface area contributed by atoms with Crippen LogP contribution in [0.2, 0.25) is 0 Å². The summed E-state index contributed by atoms with van der Waals surface area (Å²) in [5.74, 6) is 6.06. The Hall–Kier alpha value is -2.53. The molecule has 2 rings (SSSR count). The van der Waals surface area contributed by atoms with E-state index in [9.17, 15) is 9.90 Å². The zero-order valence-electron chi connectivity index (χ0n) is 9.05. The first kappa shape index (κ1) is 11.0. The van der Waals surface area contributed by atoms with Crippen LogP contribution in [0.4, 0.5) is 0 Å². The van der Waals surface area contributed by atoms with Gasteiger partial charge in [-0.3, -0.25) is 4.79 Å². The largest absolute Gasteiger partial charge is 0.508 e. The predicted molar refractivity (Wildman–Crippen MR) is 65.9 cm³/mol. The summed E-state index contributed by atoms with van der Waals surface area (Å²) in [7, 11) is 0. The number of phenols is 1. The van der Waals surface area contributed by atoms with Crippen molar-refractivity contribution in [2.24, 2.45) is 0 Å². The number of rotatable bonds is 1. The van der Waals surface area contributed by atoms with Crippen LogP contribution in [-0.4, -0.2) is 11.4 Å². The Morgan fingerprint density at radius 3 is 2.24 bits per heavy atom. The lowest BCUT2D eigenvalue weighted by Crippen LogP contribution is -1.81. The highest BCUT2D eigenvalue weighted by Gasteiger charge is 1.92. The van der Waals surface area contributed by atoms with Gasteiger partial charge in [-0.25, -0.2) is 0 Å². The van der Waals surface area contributed by atoms with Crippen molar-refractivity contribution in [3.63, 3.8) is 0 Å². The Labute approximate surface area is 99.5 Å². The summed E-state index contributed by atoms with van der Waals surface area (Å²) < 4.78 is 0. The summed E-state index contributed by atoms with van der Waals surface area (Å²) in [5.41, 5.74) is 2.12. The van der Waals surface area contributed by atoms with Gasteiger partial charge in [-0.15, -0.1) is 0 Å². The topological polar surface area (TPSA) is 37.3 Å². The number of aldehydes is 1. The summed E-state index contributed by atoms with van der Waals surface area (Å²) >= 11 is 0. The average Bonchev–Trinajstić information content (AvgIpc) is 2.37. The second-order valence-electron chi connectivity index (χ2n) is 3.54. The Kier molecular flexibility index (Phi) is 3.23. The van der Waals surface area contributed by atoms with E-state index in [2.05, 4.69) is 11.8 Å². The van der Waals surface area contributed by atoms with Crippen molar-refractivity contribution in [2.45, 2.75) is 0 Å². The molecule has 2 heteroatoms. The van der Waals surface area contributed by atoms with Crippen molar-refractivity contribution in [1.29, 1.82) is 0 Å². The Balaban J connectivity index is 2.29. The van der Waals surface area contributed by atoms with Gasteiger partial charge in [-0.2, -0.15) is 0 Å². The highest BCUT2D eigenvalue weighted by Crippen LogP contribution is 2.10. The highest BCUT2D eigenvalue weighted by atomic mass is 16.3. The molecule has 2 aromatic carbocycles. The van der Waals surface area contributed by atoms with Gasteiger partial charge in [0.05, 0.1) is 0 Å². The zero-order chi connectivity index (χ0) is 12.1. The van der Waals surface area contributed by atoms with Crippen molar-refractivity contribution in [2.75, 3.05) is 0 Å². The number of benzene rings is 2. The van der Waals surface area contributed by atoms with Crippen LogP contribution < -0.4 is 0 Å². The fourth-order valence-electron chi connectivity index (χ4n) is 1.42. The SMILES string of the molecule is O=Cc1cccc(C#Cc2cccc(O)c2)c1. The fraction of sp³-hybridized carbons (Fsp3) is 0. The van der Waals surface area contributed by atoms with E-state index in [1.54, 1.807) is 36.4 Å². The van der Waals surface area contributed by atoms with E-state index in [4.69, 9.17) is 0 Å². The summed E-state index contributed by atoms with van der Waals surface area (Å²) in [6.07, 6.45) is 0.791. The van der Waals surface area contributed by atoms with Crippen molar-refractivity contribution in [3.8, 4) is 17.6 Å². The molecule has 82 valence electrons. The third kappa shape index (κ3) is 2.96. The van der Waals surface area contributed by atoms with E-state index in [0.29, 0.717) is 5.56 Å². The van der Waals surface area contributed by atoms with Gasteiger partial charge in [0, 0.05) is 16.7 Å². The molecule has 0 aliphatic carbocycles. The summed E-state index contributed by atoms with van der Waals surface area (Å²) in [5, 5.41) is 9.28. The smallest absolute Gasteiger partial charge is 0.150 e. The molecule has 0 aromatic heterocycles. The second-order valence-corrected chi connectivity index (χ2v) is 3.54. The van der Waals surface area contributed by atoms with Gasteiger partial charge < -0.3 is 5.11 Å². The molecule has 0 aliphatic heterocycles. The lowest BCUT2D eigenvalue weighted by molar-refractivity contribution is 0.112. The van der Waals surface area contributed by atoms with Gasteiger partial charge in [0.25, 0.3) is 0 Å². The minimum absolute atomic E-state index is 0.193. The van der Waals surface area contributed by atoms with Crippen LogP contribution in [0.5, 0.6) is 5.75 Å². The quantitative estimate of drug-likeness (QED) is 0.595.